The molecule has 1 aromatic carbocycles. The fraction of sp³-hybridized carbons (Fsp3) is 0.353. The highest BCUT2D eigenvalue weighted by atomic mass is 15.0. The Labute approximate surface area is 115 Å². The van der Waals surface area contributed by atoms with Gasteiger partial charge in [0, 0.05) is 17.8 Å². The van der Waals surface area contributed by atoms with Crippen LogP contribution in [0.3, 0.4) is 0 Å². The summed E-state index contributed by atoms with van der Waals surface area (Å²) in [6.07, 6.45) is 1.95. The number of pyridine rings is 1. The van der Waals surface area contributed by atoms with E-state index in [9.17, 15) is 0 Å². The smallest absolute Gasteiger partial charge is 0.129 e. The van der Waals surface area contributed by atoms with Crippen molar-refractivity contribution in [2.75, 3.05) is 5.32 Å². The fourth-order valence-electron chi connectivity index (χ4n) is 2.10. The number of nitrogens with zero attached hydrogens (tertiary/aromatic N) is 1. The van der Waals surface area contributed by atoms with Crippen LogP contribution in [0.25, 0.3) is 11.1 Å². The average molecular weight is 254 g/mol. The van der Waals surface area contributed by atoms with Gasteiger partial charge in [0.1, 0.15) is 5.82 Å². The van der Waals surface area contributed by atoms with Crippen molar-refractivity contribution < 1.29 is 0 Å². The quantitative estimate of drug-likeness (QED) is 0.856. The van der Waals surface area contributed by atoms with Crippen molar-refractivity contribution in [2.24, 2.45) is 0 Å². The Hall–Kier alpha value is -1.83. The third kappa shape index (κ3) is 3.34. The zero-order valence-electron chi connectivity index (χ0n) is 12.1. The molecule has 0 aliphatic carbocycles. The van der Waals surface area contributed by atoms with Gasteiger partial charge in [-0.25, -0.2) is 4.98 Å². The lowest BCUT2D eigenvalue weighted by Crippen LogP contribution is -2.13. The predicted octanol–water partition coefficient (Wildman–Crippen LogP) is 4.69. The van der Waals surface area contributed by atoms with Crippen molar-refractivity contribution in [2.45, 2.75) is 39.7 Å². The summed E-state index contributed by atoms with van der Waals surface area (Å²) in [7, 11) is 0. The van der Waals surface area contributed by atoms with Crippen molar-refractivity contribution in [3.8, 4) is 11.1 Å². The molecule has 0 aliphatic rings. The standard InChI is InChI=1S/C17H22N2/c1-12(2)16-10-15(14-8-6-5-7-9-14)11-18-17(16)19-13(3)4/h5-13H,1-4H3,(H,18,19). The molecular weight excluding hydrogens is 232 g/mol. The summed E-state index contributed by atoms with van der Waals surface area (Å²) in [6.45, 7) is 8.68. The van der Waals surface area contributed by atoms with Gasteiger partial charge in [-0.05, 0) is 37.0 Å². The molecule has 2 heteroatoms. The van der Waals surface area contributed by atoms with E-state index in [1.54, 1.807) is 0 Å². The molecule has 0 amide bonds. The minimum absolute atomic E-state index is 0.396. The minimum Gasteiger partial charge on any atom is -0.368 e. The fourth-order valence-corrected chi connectivity index (χ4v) is 2.10. The van der Waals surface area contributed by atoms with Gasteiger partial charge in [-0.15, -0.1) is 0 Å². The van der Waals surface area contributed by atoms with Crippen molar-refractivity contribution in [3.05, 3.63) is 48.2 Å². The van der Waals surface area contributed by atoms with Crippen LogP contribution >= 0.6 is 0 Å². The van der Waals surface area contributed by atoms with E-state index in [1.165, 1.54) is 16.7 Å². The molecule has 0 saturated carbocycles. The van der Waals surface area contributed by atoms with Gasteiger partial charge in [-0.2, -0.15) is 0 Å². The molecule has 0 atom stereocenters. The highest BCUT2D eigenvalue weighted by Gasteiger charge is 2.11. The lowest BCUT2D eigenvalue weighted by molar-refractivity contribution is 0.834. The van der Waals surface area contributed by atoms with Crippen molar-refractivity contribution in [1.82, 2.24) is 4.98 Å². The second-order valence-corrected chi connectivity index (χ2v) is 5.48. The molecule has 0 fully saturated rings. The molecule has 0 radical (unpaired) electrons. The van der Waals surface area contributed by atoms with Gasteiger partial charge in [0.2, 0.25) is 0 Å². The zero-order valence-corrected chi connectivity index (χ0v) is 12.1. The summed E-state index contributed by atoms with van der Waals surface area (Å²) < 4.78 is 0. The van der Waals surface area contributed by atoms with Crippen LogP contribution in [0.2, 0.25) is 0 Å². The summed E-state index contributed by atoms with van der Waals surface area (Å²) >= 11 is 0. The van der Waals surface area contributed by atoms with Crippen molar-refractivity contribution >= 4 is 5.82 Å². The van der Waals surface area contributed by atoms with Crippen molar-refractivity contribution in [3.63, 3.8) is 0 Å². The van der Waals surface area contributed by atoms with Crippen LogP contribution in [0.5, 0.6) is 0 Å². The summed E-state index contributed by atoms with van der Waals surface area (Å²) in [5.41, 5.74) is 3.67. The van der Waals surface area contributed by atoms with Crippen LogP contribution in [-0.2, 0) is 0 Å². The van der Waals surface area contributed by atoms with E-state index in [-0.39, 0.29) is 0 Å². The van der Waals surface area contributed by atoms with E-state index in [0.29, 0.717) is 12.0 Å². The monoisotopic (exact) mass is 254 g/mol. The first-order valence-corrected chi connectivity index (χ1v) is 6.90. The molecule has 0 spiro atoms. The molecule has 1 aromatic heterocycles. The van der Waals surface area contributed by atoms with Gasteiger partial charge in [-0.3, -0.25) is 0 Å². The number of benzene rings is 1. The molecular formula is C17H22N2. The van der Waals surface area contributed by atoms with Crippen LogP contribution in [0.15, 0.2) is 42.6 Å². The summed E-state index contributed by atoms with van der Waals surface area (Å²) in [6, 6.07) is 13.0. The zero-order chi connectivity index (χ0) is 13.8. The molecule has 2 nitrogen and oxygen atoms in total. The average Bonchev–Trinajstić information content (AvgIpc) is 2.39. The Balaban J connectivity index is 2.42. The molecule has 1 heterocycles. The summed E-state index contributed by atoms with van der Waals surface area (Å²) in [5, 5.41) is 3.42. The van der Waals surface area contributed by atoms with Crippen LogP contribution in [0.4, 0.5) is 5.82 Å². The predicted molar refractivity (Wildman–Crippen MR) is 82.5 cm³/mol. The highest BCUT2D eigenvalue weighted by Crippen LogP contribution is 2.28. The topological polar surface area (TPSA) is 24.9 Å². The first-order valence-electron chi connectivity index (χ1n) is 6.90. The molecule has 19 heavy (non-hydrogen) atoms. The normalized spacial score (nSPS) is 11.1. The molecule has 2 aromatic rings. The van der Waals surface area contributed by atoms with Gasteiger partial charge in [-0.1, -0.05) is 44.2 Å². The molecule has 1 N–H and O–H groups in total. The molecule has 2 rings (SSSR count). The highest BCUT2D eigenvalue weighted by molar-refractivity contribution is 5.66. The van der Waals surface area contributed by atoms with Crippen LogP contribution in [0.1, 0.15) is 39.2 Å². The van der Waals surface area contributed by atoms with E-state index in [1.807, 2.05) is 12.3 Å². The van der Waals surface area contributed by atoms with Crippen LogP contribution in [0, 0.1) is 0 Å². The number of rotatable bonds is 4. The molecule has 0 bridgehead atoms. The van der Waals surface area contributed by atoms with Gasteiger partial charge < -0.3 is 5.32 Å². The van der Waals surface area contributed by atoms with E-state index in [4.69, 9.17) is 0 Å². The van der Waals surface area contributed by atoms with E-state index in [2.05, 4.69) is 68.3 Å². The number of hydrogen-bond donors (Lipinski definition) is 1. The third-order valence-corrected chi connectivity index (χ3v) is 3.07. The summed E-state index contributed by atoms with van der Waals surface area (Å²) in [4.78, 5) is 4.61. The number of nitrogens with one attached hydrogen (secondary N) is 1. The van der Waals surface area contributed by atoms with Gasteiger partial charge in [0.05, 0.1) is 0 Å². The first-order chi connectivity index (χ1) is 9.08. The number of hydrogen-bond acceptors (Lipinski definition) is 2. The Kier molecular flexibility index (Phi) is 4.20. The molecule has 0 unspecified atom stereocenters. The van der Waals surface area contributed by atoms with Gasteiger partial charge >= 0.3 is 0 Å². The largest absolute Gasteiger partial charge is 0.368 e. The number of aromatic nitrogens is 1. The minimum atomic E-state index is 0.396. The van der Waals surface area contributed by atoms with Crippen LogP contribution in [-0.4, -0.2) is 11.0 Å². The SMILES string of the molecule is CC(C)Nc1ncc(-c2ccccc2)cc1C(C)C. The molecule has 0 saturated heterocycles. The van der Waals surface area contributed by atoms with E-state index in [0.717, 1.165) is 5.82 Å². The second kappa shape index (κ2) is 5.87. The second-order valence-electron chi connectivity index (χ2n) is 5.48. The Bertz CT molecular complexity index is 530. The Morgan fingerprint density at radius 3 is 2.21 bits per heavy atom. The number of anilines is 1. The van der Waals surface area contributed by atoms with Crippen LogP contribution < -0.4 is 5.32 Å². The first kappa shape index (κ1) is 13.6. The molecule has 100 valence electrons. The maximum absolute atomic E-state index is 4.61. The Morgan fingerprint density at radius 1 is 0.947 bits per heavy atom. The van der Waals surface area contributed by atoms with E-state index >= 15 is 0 Å². The Morgan fingerprint density at radius 2 is 1.63 bits per heavy atom. The lowest BCUT2D eigenvalue weighted by Gasteiger charge is -2.17. The van der Waals surface area contributed by atoms with Gasteiger partial charge in [0.25, 0.3) is 0 Å². The lowest BCUT2D eigenvalue weighted by atomic mass is 9.99. The maximum Gasteiger partial charge on any atom is 0.129 e. The van der Waals surface area contributed by atoms with Crippen molar-refractivity contribution in [1.29, 1.82) is 0 Å². The summed E-state index contributed by atoms with van der Waals surface area (Å²) in [5.74, 6) is 1.46. The van der Waals surface area contributed by atoms with Gasteiger partial charge in [0.15, 0.2) is 0 Å². The maximum atomic E-state index is 4.61. The molecule has 0 aliphatic heterocycles. The third-order valence-electron chi connectivity index (χ3n) is 3.07. The van der Waals surface area contributed by atoms with E-state index < -0.39 is 0 Å².